The van der Waals surface area contributed by atoms with Gasteiger partial charge in [0.1, 0.15) is 5.65 Å². The summed E-state index contributed by atoms with van der Waals surface area (Å²) in [6.45, 7) is 3.34. The summed E-state index contributed by atoms with van der Waals surface area (Å²) in [4.78, 5) is 4.44. The third-order valence-electron chi connectivity index (χ3n) is 3.89. The number of hydrogen-bond acceptors (Lipinski definition) is 2. The minimum atomic E-state index is 0.0895. The molecule has 0 aromatic carbocycles. The lowest BCUT2D eigenvalue weighted by molar-refractivity contribution is 0.283. The molecule has 2 heterocycles. The average molecular weight is 274 g/mol. The van der Waals surface area contributed by atoms with Gasteiger partial charge in [0.2, 0.25) is 0 Å². The number of rotatable bonds is 9. The average Bonchev–Trinajstić information content (AvgIpc) is 2.85. The predicted molar refractivity (Wildman–Crippen MR) is 83.6 cm³/mol. The van der Waals surface area contributed by atoms with Crippen LogP contribution in [0.15, 0.2) is 24.5 Å². The van der Waals surface area contributed by atoms with Crippen LogP contribution in [-0.4, -0.2) is 14.7 Å². The summed E-state index contributed by atoms with van der Waals surface area (Å²) in [5.41, 5.74) is 1.98. The number of aryl methyl sites for hydroxylation is 1. The van der Waals surface area contributed by atoms with Gasteiger partial charge in [-0.1, -0.05) is 45.4 Å². The Balaban J connectivity index is 1.84. The first kappa shape index (κ1) is 15.0. The van der Waals surface area contributed by atoms with E-state index in [2.05, 4.69) is 22.7 Å². The Morgan fingerprint density at radius 1 is 1.10 bits per heavy atom. The number of fused-ring (bicyclic) bond motifs is 1. The van der Waals surface area contributed by atoms with Gasteiger partial charge in [-0.25, -0.2) is 4.98 Å². The van der Waals surface area contributed by atoms with E-state index in [4.69, 9.17) is 0 Å². The molecular formula is C17H26N2O. The van der Waals surface area contributed by atoms with E-state index < -0.39 is 0 Å². The highest BCUT2D eigenvalue weighted by Gasteiger charge is 2.07. The van der Waals surface area contributed by atoms with E-state index >= 15 is 0 Å². The molecule has 2 aromatic heterocycles. The molecular weight excluding hydrogens is 248 g/mol. The van der Waals surface area contributed by atoms with Crippen molar-refractivity contribution >= 4 is 11.0 Å². The van der Waals surface area contributed by atoms with Crippen molar-refractivity contribution in [1.29, 1.82) is 0 Å². The van der Waals surface area contributed by atoms with Crippen molar-refractivity contribution in [1.82, 2.24) is 9.55 Å². The van der Waals surface area contributed by atoms with E-state index in [9.17, 15) is 5.11 Å². The Morgan fingerprint density at radius 2 is 1.85 bits per heavy atom. The van der Waals surface area contributed by atoms with Gasteiger partial charge in [0, 0.05) is 29.9 Å². The molecule has 2 aromatic rings. The Hall–Kier alpha value is -1.35. The van der Waals surface area contributed by atoms with Gasteiger partial charge in [0.05, 0.1) is 6.61 Å². The number of hydrogen-bond donors (Lipinski definition) is 1. The number of aliphatic hydroxyl groups is 1. The smallest absolute Gasteiger partial charge is 0.140 e. The van der Waals surface area contributed by atoms with Crippen molar-refractivity contribution in [3.8, 4) is 0 Å². The lowest BCUT2D eigenvalue weighted by atomic mass is 10.1. The highest BCUT2D eigenvalue weighted by Crippen LogP contribution is 2.20. The van der Waals surface area contributed by atoms with Crippen LogP contribution in [0.5, 0.6) is 0 Å². The fourth-order valence-corrected chi connectivity index (χ4v) is 2.73. The summed E-state index contributed by atoms with van der Waals surface area (Å²) < 4.78 is 2.19. The Kier molecular flexibility index (Phi) is 6.06. The van der Waals surface area contributed by atoms with E-state index in [1.165, 1.54) is 44.9 Å². The molecule has 0 aliphatic heterocycles. The zero-order chi connectivity index (χ0) is 14.2. The van der Waals surface area contributed by atoms with Gasteiger partial charge in [-0.05, 0) is 18.6 Å². The molecule has 0 atom stereocenters. The van der Waals surface area contributed by atoms with Gasteiger partial charge in [-0.3, -0.25) is 0 Å². The van der Waals surface area contributed by atoms with Gasteiger partial charge >= 0.3 is 0 Å². The van der Waals surface area contributed by atoms with Crippen molar-refractivity contribution in [2.45, 2.75) is 65.0 Å². The van der Waals surface area contributed by atoms with Crippen LogP contribution in [-0.2, 0) is 13.2 Å². The minimum absolute atomic E-state index is 0.0895. The van der Waals surface area contributed by atoms with Crippen LogP contribution in [0.3, 0.4) is 0 Å². The second-order valence-electron chi connectivity index (χ2n) is 5.50. The first-order valence-corrected chi connectivity index (χ1v) is 7.90. The fraction of sp³-hybridized carbons (Fsp3) is 0.588. The van der Waals surface area contributed by atoms with E-state index in [1.54, 1.807) is 0 Å². The highest BCUT2D eigenvalue weighted by molar-refractivity contribution is 5.80. The van der Waals surface area contributed by atoms with E-state index in [0.29, 0.717) is 0 Å². The molecule has 3 heteroatoms. The number of aliphatic hydroxyl groups excluding tert-OH is 1. The maximum atomic E-state index is 9.40. The van der Waals surface area contributed by atoms with Crippen molar-refractivity contribution < 1.29 is 5.11 Å². The van der Waals surface area contributed by atoms with E-state index in [1.807, 2.05) is 18.3 Å². The summed E-state index contributed by atoms with van der Waals surface area (Å²) in [5.74, 6) is 0. The largest absolute Gasteiger partial charge is 0.392 e. The van der Waals surface area contributed by atoms with Crippen LogP contribution in [0, 0.1) is 0 Å². The Morgan fingerprint density at radius 3 is 2.60 bits per heavy atom. The SMILES string of the molecule is CCCCCCCCCn1cc(CO)c2cccnc21. The molecule has 0 radical (unpaired) electrons. The van der Waals surface area contributed by atoms with Crippen LogP contribution < -0.4 is 0 Å². The first-order chi connectivity index (χ1) is 9.86. The van der Waals surface area contributed by atoms with Crippen LogP contribution >= 0.6 is 0 Å². The van der Waals surface area contributed by atoms with Gasteiger partial charge in [0.25, 0.3) is 0 Å². The molecule has 0 amide bonds. The first-order valence-electron chi connectivity index (χ1n) is 7.90. The molecule has 0 aliphatic rings. The summed E-state index contributed by atoms with van der Waals surface area (Å²) in [7, 11) is 0. The molecule has 2 rings (SSSR count). The standard InChI is InChI=1S/C17H26N2O/c1-2-3-4-5-6-7-8-12-19-13-15(14-20)16-10-9-11-18-17(16)19/h9-11,13,20H,2-8,12,14H2,1H3. The molecule has 0 fully saturated rings. The van der Waals surface area contributed by atoms with Crippen molar-refractivity contribution in [3.63, 3.8) is 0 Å². The zero-order valence-electron chi connectivity index (χ0n) is 12.5. The molecule has 0 spiro atoms. The number of unbranched alkanes of at least 4 members (excludes halogenated alkanes) is 6. The van der Waals surface area contributed by atoms with Crippen LogP contribution in [0.2, 0.25) is 0 Å². The molecule has 20 heavy (non-hydrogen) atoms. The second-order valence-corrected chi connectivity index (χ2v) is 5.50. The third-order valence-corrected chi connectivity index (χ3v) is 3.89. The molecule has 0 bridgehead atoms. The maximum Gasteiger partial charge on any atom is 0.140 e. The molecule has 0 aliphatic carbocycles. The van der Waals surface area contributed by atoms with Crippen LogP contribution in [0.4, 0.5) is 0 Å². The number of pyridine rings is 1. The molecule has 0 saturated heterocycles. The zero-order valence-corrected chi connectivity index (χ0v) is 12.5. The van der Waals surface area contributed by atoms with Crippen molar-refractivity contribution in [2.75, 3.05) is 0 Å². The minimum Gasteiger partial charge on any atom is -0.392 e. The quantitative estimate of drug-likeness (QED) is 0.693. The molecule has 110 valence electrons. The van der Waals surface area contributed by atoms with Gasteiger partial charge < -0.3 is 9.67 Å². The molecule has 0 unspecified atom stereocenters. The highest BCUT2D eigenvalue weighted by atomic mass is 16.3. The predicted octanol–water partition coefficient (Wildman–Crippen LogP) is 4.28. The fourth-order valence-electron chi connectivity index (χ4n) is 2.73. The van der Waals surface area contributed by atoms with E-state index in [-0.39, 0.29) is 6.61 Å². The summed E-state index contributed by atoms with van der Waals surface area (Å²) in [6.07, 6.45) is 13.1. The molecule has 0 saturated carbocycles. The summed E-state index contributed by atoms with van der Waals surface area (Å²) in [6, 6.07) is 3.97. The third kappa shape index (κ3) is 3.83. The van der Waals surface area contributed by atoms with Crippen LogP contribution in [0.1, 0.15) is 57.4 Å². The van der Waals surface area contributed by atoms with E-state index in [0.717, 1.165) is 23.1 Å². The number of nitrogens with zero attached hydrogens (tertiary/aromatic N) is 2. The molecule has 3 nitrogen and oxygen atoms in total. The second kappa shape index (κ2) is 8.05. The van der Waals surface area contributed by atoms with Gasteiger partial charge in [0.15, 0.2) is 0 Å². The summed E-state index contributed by atoms with van der Waals surface area (Å²) >= 11 is 0. The normalized spacial score (nSPS) is 11.3. The summed E-state index contributed by atoms with van der Waals surface area (Å²) in [5, 5.41) is 10.5. The molecule has 1 N–H and O–H groups in total. The topological polar surface area (TPSA) is 38.0 Å². The van der Waals surface area contributed by atoms with Crippen molar-refractivity contribution in [3.05, 3.63) is 30.1 Å². The monoisotopic (exact) mass is 274 g/mol. The Bertz CT molecular complexity index is 519. The van der Waals surface area contributed by atoms with Gasteiger partial charge in [-0.2, -0.15) is 0 Å². The van der Waals surface area contributed by atoms with Crippen LogP contribution in [0.25, 0.3) is 11.0 Å². The van der Waals surface area contributed by atoms with Gasteiger partial charge in [-0.15, -0.1) is 0 Å². The maximum absolute atomic E-state index is 9.40. The lowest BCUT2D eigenvalue weighted by Crippen LogP contribution is -1.97. The number of aromatic nitrogens is 2. The van der Waals surface area contributed by atoms with Crippen molar-refractivity contribution in [2.24, 2.45) is 0 Å². The lowest BCUT2D eigenvalue weighted by Gasteiger charge is -2.04. The Labute approximate surface area is 121 Å².